The molecule has 11 rings (SSSR count). The van der Waals surface area contributed by atoms with E-state index in [4.69, 9.17) is 4.99 Å². The highest BCUT2D eigenvalue weighted by Crippen LogP contribution is 2.45. The summed E-state index contributed by atoms with van der Waals surface area (Å²) in [6.07, 6.45) is 0. The first-order valence-electron chi connectivity index (χ1n) is 17.7. The highest BCUT2D eigenvalue weighted by Gasteiger charge is 2.26. The van der Waals surface area contributed by atoms with Crippen LogP contribution in [-0.2, 0) is 0 Å². The van der Waals surface area contributed by atoms with Gasteiger partial charge in [-0.1, -0.05) is 127 Å². The van der Waals surface area contributed by atoms with E-state index in [1.54, 1.807) is 0 Å². The number of rotatable bonds is 4. The highest BCUT2D eigenvalue weighted by molar-refractivity contribution is 7.25. The van der Waals surface area contributed by atoms with Crippen molar-refractivity contribution in [3.05, 3.63) is 187 Å². The molecular formula is C48H31N3S. The molecule has 3 nitrogen and oxygen atoms in total. The highest BCUT2D eigenvalue weighted by atomic mass is 32.1. The lowest BCUT2D eigenvalue weighted by molar-refractivity contribution is 1.01. The first kappa shape index (κ1) is 29.3. The normalized spacial score (nSPS) is 14.2. The van der Waals surface area contributed by atoms with E-state index in [0.29, 0.717) is 0 Å². The van der Waals surface area contributed by atoms with Crippen LogP contribution in [-0.4, -0.2) is 10.3 Å². The van der Waals surface area contributed by atoms with Crippen LogP contribution in [0.15, 0.2) is 181 Å². The van der Waals surface area contributed by atoms with Gasteiger partial charge < -0.3 is 9.88 Å². The van der Waals surface area contributed by atoms with E-state index in [1.807, 2.05) is 11.3 Å². The summed E-state index contributed by atoms with van der Waals surface area (Å²) in [5, 5.41) is 11.5. The molecule has 1 N–H and O–H groups in total. The van der Waals surface area contributed by atoms with E-state index in [1.165, 1.54) is 69.4 Å². The summed E-state index contributed by atoms with van der Waals surface area (Å²) >= 11 is 1.87. The lowest BCUT2D eigenvalue weighted by atomic mass is 9.94. The number of benzene rings is 8. The van der Waals surface area contributed by atoms with Crippen LogP contribution in [0.1, 0.15) is 17.2 Å². The van der Waals surface area contributed by atoms with Crippen LogP contribution >= 0.6 is 11.3 Å². The van der Waals surface area contributed by atoms with Crippen molar-refractivity contribution in [1.82, 2.24) is 4.57 Å². The number of fused-ring (bicyclic) bond motifs is 9. The second-order valence-corrected chi connectivity index (χ2v) is 14.7. The molecule has 0 saturated heterocycles. The van der Waals surface area contributed by atoms with Crippen LogP contribution in [0.3, 0.4) is 0 Å². The number of nitrogens with zero attached hydrogens (tertiary/aromatic N) is 2. The van der Waals surface area contributed by atoms with E-state index in [-0.39, 0.29) is 6.04 Å². The van der Waals surface area contributed by atoms with Crippen molar-refractivity contribution in [3.8, 4) is 16.8 Å². The number of thiophene rings is 1. The molecule has 0 spiro atoms. The SMILES string of the molecule is c1ccc(-c2cc3c(c4ccccc24)c2cc4c(cc2n3-c2ccc(C3=Nc5ccccc5NC3c3ccccc3)cc2)sc2ccccc24)cc1. The molecule has 8 aromatic carbocycles. The molecular weight excluding hydrogens is 651 g/mol. The Labute approximate surface area is 304 Å². The van der Waals surface area contributed by atoms with Gasteiger partial charge in [0.2, 0.25) is 0 Å². The number of aliphatic imine (C=N–C) groups is 1. The van der Waals surface area contributed by atoms with Crippen LogP contribution in [0.2, 0.25) is 0 Å². The van der Waals surface area contributed by atoms with Crippen molar-refractivity contribution in [3.63, 3.8) is 0 Å². The maximum atomic E-state index is 5.25. The van der Waals surface area contributed by atoms with E-state index >= 15 is 0 Å². The Hall–Kier alpha value is -6.49. The Morgan fingerprint density at radius 2 is 1.19 bits per heavy atom. The average molecular weight is 682 g/mol. The minimum atomic E-state index is -0.0590. The predicted octanol–water partition coefficient (Wildman–Crippen LogP) is 13.3. The van der Waals surface area contributed by atoms with Gasteiger partial charge in [0.1, 0.15) is 0 Å². The van der Waals surface area contributed by atoms with E-state index in [2.05, 4.69) is 186 Å². The quantitative estimate of drug-likeness (QED) is 0.197. The summed E-state index contributed by atoms with van der Waals surface area (Å²) < 4.78 is 5.09. The standard InChI is InChI=1S/C48H31N3S/c1-3-13-30(14-4-1)37-28-43-46(36-19-8-7-17-34(36)37)39-27-38-35-18-9-12-22-44(35)52-45(38)29-42(39)51(43)33-25-23-32(24-26-33)48-47(31-15-5-2-6-16-31)49-40-20-10-11-21-41(40)50-48/h1-29,47,49H. The van der Waals surface area contributed by atoms with Crippen molar-refractivity contribution in [2.75, 3.05) is 5.32 Å². The molecule has 0 fully saturated rings. The predicted molar refractivity (Wildman–Crippen MR) is 222 cm³/mol. The van der Waals surface area contributed by atoms with Gasteiger partial charge in [0.15, 0.2) is 0 Å². The maximum Gasteiger partial charge on any atom is 0.0947 e. The van der Waals surface area contributed by atoms with E-state index in [0.717, 1.165) is 28.3 Å². The topological polar surface area (TPSA) is 29.3 Å². The summed E-state index contributed by atoms with van der Waals surface area (Å²) in [6, 6.07) is 63.6. The smallest absolute Gasteiger partial charge is 0.0947 e. The Bertz CT molecular complexity index is 3030. The van der Waals surface area contributed by atoms with Crippen molar-refractivity contribution < 1.29 is 0 Å². The molecule has 1 unspecified atom stereocenters. The van der Waals surface area contributed by atoms with E-state index < -0.39 is 0 Å². The zero-order valence-corrected chi connectivity index (χ0v) is 28.9. The fourth-order valence-corrected chi connectivity index (χ4v) is 9.36. The first-order chi connectivity index (χ1) is 25.8. The minimum Gasteiger partial charge on any atom is -0.371 e. The Morgan fingerprint density at radius 3 is 2.02 bits per heavy atom. The number of anilines is 1. The largest absolute Gasteiger partial charge is 0.371 e. The zero-order valence-electron chi connectivity index (χ0n) is 28.1. The third-order valence-corrected chi connectivity index (χ3v) is 11.8. The van der Waals surface area contributed by atoms with Crippen molar-refractivity contribution in [1.29, 1.82) is 0 Å². The lowest BCUT2D eigenvalue weighted by Crippen LogP contribution is -2.24. The third-order valence-electron chi connectivity index (χ3n) is 10.6. The summed E-state index contributed by atoms with van der Waals surface area (Å²) in [6.45, 7) is 0. The molecule has 4 heteroatoms. The van der Waals surface area contributed by atoms with Crippen LogP contribution < -0.4 is 5.32 Å². The molecule has 1 atom stereocenters. The zero-order chi connectivity index (χ0) is 34.2. The van der Waals surface area contributed by atoms with Gasteiger partial charge in [0.05, 0.1) is 34.2 Å². The monoisotopic (exact) mass is 681 g/mol. The molecule has 0 amide bonds. The summed E-state index contributed by atoms with van der Waals surface area (Å²) in [4.78, 5) is 5.25. The molecule has 3 heterocycles. The van der Waals surface area contributed by atoms with Gasteiger partial charge in [-0.05, 0) is 81.6 Å². The number of aromatic nitrogens is 1. The molecule has 0 aliphatic carbocycles. The van der Waals surface area contributed by atoms with Gasteiger partial charge in [-0.15, -0.1) is 11.3 Å². The molecule has 244 valence electrons. The molecule has 0 radical (unpaired) electrons. The van der Waals surface area contributed by atoms with Gasteiger partial charge >= 0.3 is 0 Å². The van der Waals surface area contributed by atoms with Crippen molar-refractivity contribution in [2.24, 2.45) is 4.99 Å². The second-order valence-electron chi connectivity index (χ2n) is 13.6. The van der Waals surface area contributed by atoms with Gasteiger partial charge in [0, 0.05) is 36.6 Å². The molecule has 1 aliphatic rings. The number of hydrogen-bond donors (Lipinski definition) is 1. The van der Waals surface area contributed by atoms with Gasteiger partial charge in [-0.3, -0.25) is 0 Å². The second kappa shape index (κ2) is 11.5. The number of para-hydroxylation sites is 2. The minimum absolute atomic E-state index is 0.0590. The number of nitrogens with one attached hydrogen (secondary N) is 1. The molecule has 52 heavy (non-hydrogen) atoms. The Kier molecular flexibility index (Phi) is 6.48. The van der Waals surface area contributed by atoms with Gasteiger partial charge in [-0.25, -0.2) is 4.99 Å². The molecule has 10 aromatic rings. The Balaban J connectivity index is 1.17. The van der Waals surface area contributed by atoms with Crippen molar-refractivity contribution in [2.45, 2.75) is 6.04 Å². The third kappa shape index (κ3) is 4.48. The average Bonchev–Trinajstić information content (AvgIpc) is 3.74. The van der Waals surface area contributed by atoms with Crippen LogP contribution in [0.25, 0.3) is 69.6 Å². The number of hydrogen-bond acceptors (Lipinski definition) is 3. The van der Waals surface area contributed by atoms with Gasteiger partial charge in [-0.2, -0.15) is 0 Å². The van der Waals surface area contributed by atoms with Crippen molar-refractivity contribution >= 4 is 81.2 Å². The summed E-state index contributed by atoms with van der Waals surface area (Å²) in [7, 11) is 0. The van der Waals surface area contributed by atoms with Crippen LogP contribution in [0.5, 0.6) is 0 Å². The van der Waals surface area contributed by atoms with Gasteiger partial charge in [0.25, 0.3) is 0 Å². The molecule has 1 aliphatic heterocycles. The first-order valence-corrected chi connectivity index (χ1v) is 18.6. The Morgan fingerprint density at radius 1 is 0.500 bits per heavy atom. The van der Waals surface area contributed by atoms with E-state index in [9.17, 15) is 0 Å². The summed E-state index contributed by atoms with van der Waals surface area (Å²) in [5.74, 6) is 0. The summed E-state index contributed by atoms with van der Waals surface area (Å²) in [5.41, 5.74) is 11.3. The van der Waals surface area contributed by atoms with Crippen LogP contribution in [0.4, 0.5) is 11.4 Å². The molecule has 0 bridgehead atoms. The maximum absolute atomic E-state index is 5.25. The fraction of sp³-hybridized carbons (Fsp3) is 0.0208. The fourth-order valence-electron chi connectivity index (χ4n) is 8.24. The molecule has 0 saturated carbocycles. The lowest BCUT2D eigenvalue weighted by Gasteiger charge is -2.28. The molecule has 2 aromatic heterocycles. The van der Waals surface area contributed by atoms with Crippen LogP contribution in [0, 0.1) is 0 Å².